The van der Waals surface area contributed by atoms with Gasteiger partial charge in [-0.1, -0.05) is 6.07 Å². The monoisotopic (exact) mass is 419 g/mol. The summed E-state index contributed by atoms with van der Waals surface area (Å²) in [5.74, 6) is 0.455. The molecule has 1 saturated heterocycles. The highest BCUT2D eigenvalue weighted by Crippen LogP contribution is 2.29. The summed E-state index contributed by atoms with van der Waals surface area (Å²) in [5, 5.41) is 3.62. The summed E-state index contributed by atoms with van der Waals surface area (Å²) in [6.45, 7) is 1.15. The predicted molar refractivity (Wildman–Crippen MR) is 103 cm³/mol. The smallest absolute Gasteiger partial charge is 0.356 e. The minimum Gasteiger partial charge on any atom is -0.356 e. The van der Waals surface area contributed by atoms with Gasteiger partial charge in [-0.05, 0) is 30.5 Å². The van der Waals surface area contributed by atoms with Crippen LogP contribution in [0.4, 0.5) is 19.0 Å². The second-order valence-corrected chi connectivity index (χ2v) is 7.31. The van der Waals surface area contributed by atoms with E-state index < -0.39 is 17.4 Å². The Bertz CT molecular complexity index is 1040. The maximum atomic E-state index is 12.6. The maximum absolute atomic E-state index is 12.6. The Kier molecular flexibility index (Phi) is 5.06. The summed E-state index contributed by atoms with van der Waals surface area (Å²) >= 11 is 0. The van der Waals surface area contributed by atoms with Crippen LogP contribution < -0.4 is 16.0 Å². The molecule has 0 atom stereocenters. The number of anilines is 1. The molecule has 3 aromatic heterocycles. The average Bonchev–Trinajstić information content (AvgIpc) is 3.21. The molecular weight excluding hydrogens is 399 g/mol. The van der Waals surface area contributed by atoms with Gasteiger partial charge in [0, 0.05) is 32.0 Å². The lowest BCUT2D eigenvalue weighted by atomic mass is 9.87. The number of fused-ring (bicyclic) bond motifs is 1. The molecule has 0 bridgehead atoms. The maximum Gasteiger partial charge on any atom is 0.433 e. The van der Waals surface area contributed by atoms with Crippen molar-refractivity contribution in [3.05, 3.63) is 48.2 Å². The predicted octanol–water partition coefficient (Wildman–Crippen LogP) is 1.99. The Morgan fingerprint density at radius 2 is 1.97 bits per heavy atom. The first-order valence-corrected chi connectivity index (χ1v) is 9.39. The van der Waals surface area contributed by atoms with Crippen molar-refractivity contribution in [2.24, 2.45) is 5.73 Å². The number of halogens is 3. The van der Waals surface area contributed by atoms with E-state index in [0.29, 0.717) is 31.5 Å². The quantitative estimate of drug-likeness (QED) is 0.596. The number of pyridine rings is 1. The number of aromatic amines is 1. The fraction of sp³-hybridized carbons (Fsp3) is 0.368. The number of H-pyrrole nitrogens is 1. The number of alkyl halides is 3. The van der Waals surface area contributed by atoms with Gasteiger partial charge in [0.2, 0.25) is 5.91 Å². The lowest BCUT2D eigenvalue weighted by molar-refractivity contribution is -0.141. The highest BCUT2D eigenvalue weighted by atomic mass is 19.4. The topological polar surface area (TPSA) is 113 Å². The number of hydrogen-bond acceptors (Lipinski definition) is 6. The van der Waals surface area contributed by atoms with Gasteiger partial charge in [0.25, 0.3) is 0 Å². The van der Waals surface area contributed by atoms with E-state index in [1.165, 1.54) is 12.4 Å². The van der Waals surface area contributed by atoms with Gasteiger partial charge < -0.3 is 20.9 Å². The molecule has 1 aliphatic heterocycles. The van der Waals surface area contributed by atoms with Gasteiger partial charge in [-0.2, -0.15) is 13.2 Å². The zero-order valence-corrected chi connectivity index (χ0v) is 15.9. The molecule has 1 amide bonds. The molecule has 4 heterocycles. The standard InChI is InChI=1S/C19H20F3N7O/c20-19(21,22)14-2-1-12(9-25-14)10-26-17(30)18(23)4-7-29(8-5-18)16-13-3-6-24-15(13)27-11-28-16/h1-3,6,9,11H,4-5,7-8,10,23H2,(H,26,30)(H,24,27,28). The van der Waals surface area contributed by atoms with Crippen LogP contribution in [0.2, 0.25) is 0 Å². The molecule has 4 rings (SSSR count). The van der Waals surface area contributed by atoms with Gasteiger partial charge in [0.05, 0.1) is 10.9 Å². The number of rotatable bonds is 4. The molecule has 0 saturated carbocycles. The molecule has 0 radical (unpaired) electrons. The zero-order valence-electron chi connectivity index (χ0n) is 15.9. The van der Waals surface area contributed by atoms with Gasteiger partial charge in [0.15, 0.2) is 0 Å². The summed E-state index contributed by atoms with van der Waals surface area (Å²) in [6.07, 6.45) is 0.728. The van der Waals surface area contributed by atoms with Crippen molar-refractivity contribution in [1.82, 2.24) is 25.3 Å². The van der Waals surface area contributed by atoms with E-state index in [4.69, 9.17) is 5.73 Å². The second kappa shape index (κ2) is 7.56. The molecule has 30 heavy (non-hydrogen) atoms. The highest BCUT2D eigenvalue weighted by Gasteiger charge is 2.38. The Morgan fingerprint density at radius 3 is 2.63 bits per heavy atom. The van der Waals surface area contributed by atoms with E-state index in [-0.39, 0.29) is 12.5 Å². The fourth-order valence-electron chi connectivity index (χ4n) is 3.51. The second-order valence-electron chi connectivity index (χ2n) is 7.31. The van der Waals surface area contributed by atoms with E-state index in [9.17, 15) is 18.0 Å². The van der Waals surface area contributed by atoms with E-state index in [0.717, 1.165) is 29.1 Å². The number of nitrogens with zero attached hydrogens (tertiary/aromatic N) is 4. The Labute approximate surface area is 169 Å². The van der Waals surface area contributed by atoms with Crippen molar-refractivity contribution < 1.29 is 18.0 Å². The number of carbonyl (C=O) groups is 1. The molecule has 0 spiro atoms. The Hall–Kier alpha value is -3.21. The van der Waals surface area contributed by atoms with Gasteiger partial charge in [-0.15, -0.1) is 0 Å². The van der Waals surface area contributed by atoms with Crippen LogP contribution in [0, 0.1) is 0 Å². The number of piperidine rings is 1. The van der Waals surface area contributed by atoms with Crippen molar-refractivity contribution in [3.63, 3.8) is 0 Å². The molecule has 3 aromatic rings. The van der Waals surface area contributed by atoms with Crippen molar-refractivity contribution in [3.8, 4) is 0 Å². The summed E-state index contributed by atoms with van der Waals surface area (Å²) in [7, 11) is 0. The fourth-order valence-corrected chi connectivity index (χ4v) is 3.51. The van der Waals surface area contributed by atoms with E-state index in [2.05, 4.69) is 30.2 Å². The highest BCUT2D eigenvalue weighted by molar-refractivity contribution is 5.88. The molecule has 0 unspecified atom stereocenters. The molecule has 8 nitrogen and oxygen atoms in total. The number of nitrogens with two attached hydrogens (primary N) is 1. The third-order valence-corrected chi connectivity index (χ3v) is 5.31. The first kappa shape index (κ1) is 20.1. The van der Waals surface area contributed by atoms with Crippen molar-refractivity contribution in [2.75, 3.05) is 18.0 Å². The minimum atomic E-state index is -4.49. The molecule has 1 fully saturated rings. The van der Waals surface area contributed by atoms with E-state index in [1.807, 2.05) is 6.07 Å². The molecular formula is C19H20F3N7O. The SMILES string of the molecule is NC1(C(=O)NCc2ccc(C(F)(F)F)nc2)CCN(c2ncnc3[nH]ccc23)CC1. The summed E-state index contributed by atoms with van der Waals surface area (Å²) in [6, 6.07) is 4.08. The van der Waals surface area contributed by atoms with Crippen LogP contribution in [0.1, 0.15) is 24.1 Å². The first-order chi connectivity index (χ1) is 14.3. The number of amides is 1. The number of hydrogen-bond donors (Lipinski definition) is 3. The molecule has 158 valence electrons. The third-order valence-electron chi connectivity index (χ3n) is 5.31. The molecule has 0 aliphatic carbocycles. The molecule has 11 heteroatoms. The molecule has 4 N–H and O–H groups in total. The molecule has 0 aromatic carbocycles. The van der Waals surface area contributed by atoms with Crippen molar-refractivity contribution >= 4 is 22.8 Å². The van der Waals surface area contributed by atoms with Crippen LogP contribution in [0.15, 0.2) is 36.9 Å². The number of carbonyl (C=O) groups excluding carboxylic acids is 1. The van der Waals surface area contributed by atoms with Crippen LogP contribution in [-0.2, 0) is 17.5 Å². The normalized spacial score (nSPS) is 16.6. The largest absolute Gasteiger partial charge is 0.433 e. The van der Waals surface area contributed by atoms with Crippen LogP contribution in [-0.4, -0.2) is 44.5 Å². The van der Waals surface area contributed by atoms with Gasteiger partial charge in [0.1, 0.15) is 23.5 Å². The minimum absolute atomic E-state index is 0.0581. The van der Waals surface area contributed by atoms with Crippen molar-refractivity contribution in [2.45, 2.75) is 31.1 Å². The van der Waals surface area contributed by atoms with Crippen LogP contribution in [0.3, 0.4) is 0 Å². The summed E-state index contributed by atoms with van der Waals surface area (Å²) in [4.78, 5) is 29.7. The Balaban J connectivity index is 1.36. The van der Waals surface area contributed by atoms with Crippen LogP contribution in [0.5, 0.6) is 0 Å². The van der Waals surface area contributed by atoms with Gasteiger partial charge in [-0.25, -0.2) is 9.97 Å². The van der Waals surface area contributed by atoms with E-state index >= 15 is 0 Å². The lowest BCUT2D eigenvalue weighted by Crippen LogP contribution is -2.59. The Morgan fingerprint density at radius 1 is 1.20 bits per heavy atom. The third kappa shape index (κ3) is 3.92. The first-order valence-electron chi connectivity index (χ1n) is 9.39. The molecule has 1 aliphatic rings. The zero-order chi connectivity index (χ0) is 21.4. The number of nitrogens with one attached hydrogen (secondary N) is 2. The van der Waals surface area contributed by atoms with Crippen molar-refractivity contribution in [1.29, 1.82) is 0 Å². The number of aromatic nitrogens is 4. The average molecular weight is 419 g/mol. The lowest BCUT2D eigenvalue weighted by Gasteiger charge is -2.38. The van der Waals surface area contributed by atoms with Crippen LogP contribution in [0.25, 0.3) is 11.0 Å². The van der Waals surface area contributed by atoms with Gasteiger partial charge in [-0.3, -0.25) is 9.78 Å². The van der Waals surface area contributed by atoms with E-state index in [1.54, 1.807) is 6.20 Å². The summed E-state index contributed by atoms with van der Waals surface area (Å²) in [5.41, 5.74) is 5.52. The van der Waals surface area contributed by atoms with Crippen LogP contribution >= 0.6 is 0 Å². The summed E-state index contributed by atoms with van der Waals surface area (Å²) < 4.78 is 37.8. The van der Waals surface area contributed by atoms with Gasteiger partial charge >= 0.3 is 6.18 Å².